The fourth-order valence-corrected chi connectivity index (χ4v) is 1.61. The highest BCUT2D eigenvalue weighted by molar-refractivity contribution is 5.61. The van der Waals surface area contributed by atoms with Gasteiger partial charge in [-0.05, 0) is 5.92 Å². The quantitative estimate of drug-likeness (QED) is 0.609. The van der Waals surface area contributed by atoms with E-state index in [9.17, 15) is 10.1 Å². The van der Waals surface area contributed by atoms with Crippen molar-refractivity contribution in [1.29, 1.82) is 0 Å². The summed E-state index contributed by atoms with van der Waals surface area (Å²) in [5.74, 6) is 0.537. The van der Waals surface area contributed by atoms with Gasteiger partial charge in [0, 0.05) is 5.56 Å². The van der Waals surface area contributed by atoms with E-state index in [1.807, 2.05) is 13.8 Å². The number of nitrogen functional groups attached to an aromatic ring is 1. The molecule has 7 heteroatoms. The lowest BCUT2D eigenvalue weighted by Crippen LogP contribution is -1.96. The van der Waals surface area contributed by atoms with Gasteiger partial charge in [-0.2, -0.15) is 0 Å². The van der Waals surface area contributed by atoms with Crippen LogP contribution in [0.1, 0.15) is 25.3 Å². The second kappa shape index (κ2) is 3.44. The molecule has 0 bridgehead atoms. The number of nitro groups is 1. The van der Waals surface area contributed by atoms with E-state index in [1.54, 1.807) is 0 Å². The molecule has 0 atom stereocenters. The fraction of sp³-hybridized carbons (Fsp3) is 0.333. The Kier molecular flexibility index (Phi) is 2.22. The Hall–Kier alpha value is -2.18. The van der Waals surface area contributed by atoms with Crippen molar-refractivity contribution in [3.05, 3.63) is 28.1 Å². The number of anilines is 1. The molecule has 7 nitrogen and oxygen atoms in total. The van der Waals surface area contributed by atoms with E-state index in [1.165, 1.54) is 16.9 Å². The first-order valence-corrected chi connectivity index (χ1v) is 4.79. The highest BCUT2D eigenvalue weighted by Gasteiger charge is 2.17. The highest BCUT2D eigenvalue weighted by atomic mass is 16.6. The first kappa shape index (κ1) is 10.3. The molecular weight excluding hydrogens is 210 g/mol. The summed E-state index contributed by atoms with van der Waals surface area (Å²) in [6.45, 7) is 3.94. The highest BCUT2D eigenvalue weighted by Crippen LogP contribution is 2.25. The van der Waals surface area contributed by atoms with Crippen molar-refractivity contribution >= 4 is 17.2 Å². The Labute approximate surface area is 91.0 Å². The van der Waals surface area contributed by atoms with Crippen LogP contribution < -0.4 is 5.73 Å². The van der Waals surface area contributed by atoms with E-state index in [2.05, 4.69) is 10.1 Å². The number of hydrogen-bond acceptors (Lipinski definition) is 5. The van der Waals surface area contributed by atoms with Crippen molar-refractivity contribution in [3.8, 4) is 0 Å². The topological polar surface area (TPSA) is 99.3 Å². The normalized spacial score (nSPS) is 11.2. The van der Waals surface area contributed by atoms with Crippen LogP contribution in [0.2, 0.25) is 0 Å². The van der Waals surface area contributed by atoms with Crippen LogP contribution in [0.4, 0.5) is 11.5 Å². The summed E-state index contributed by atoms with van der Waals surface area (Å²) in [5.41, 5.74) is 7.01. The predicted molar refractivity (Wildman–Crippen MR) is 58.1 cm³/mol. The van der Waals surface area contributed by atoms with Crippen LogP contribution in [0, 0.1) is 10.1 Å². The van der Waals surface area contributed by atoms with Gasteiger partial charge in [0.05, 0.1) is 4.92 Å². The first-order valence-electron chi connectivity index (χ1n) is 4.79. The number of fused-ring (bicyclic) bond motifs is 1. The van der Waals surface area contributed by atoms with E-state index in [-0.39, 0.29) is 11.6 Å². The molecule has 2 rings (SSSR count). The third-order valence-corrected chi connectivity index (χ3v) is 2.31. The summed E-state index contributed by atoms with van der Waals surface area (Å²) in [5, 5.41) is 14.6. The molecule has 0 aliphatic heterocycles. The zero-order valence-electron chi connectivity index (χ0n) is 8.91. The molecule has 0 aliphatic rings. The lowest BCUT2D eigenvalue weighted by molar-refractivity contribution is -0.385. The zero-order valence-corrected chi connectivity index (χ0v) is 8.91. The zero-order chi connectivity index (χ0) is 11.9. The predicted octanol–water partition coefficient (Wildman–Crippen LogP) is 1.34. The van der Waals surface area contributed by atoms with Crippen LogP contribution in [0.25, 0.3) is 5.65 Å². The van der Waals surface area contributed by atoms with E-state index in [0.717, 1.165) is 5.56 Å². The fourth-order valence-electron chi connectivity index (χ4n) is 1.61. The summed E-state index contributed by atoms with van der Waals surface area (Å²) in [4.78, 5) is 14.1. The monoisotopic (exact) mass is 221 g/mol. The Balaban J connectivity index is 2.70. The minimum atomic E-state index is -0.515. The van der Waals surface area contributed by atoms with Gasteiger partial charge in [0.25, 0.3) is 0 Å². The Bertz CT molecular complexity index is 560. The van der Waals surface area contributed by atoms with Crippen molar-refractivity contribution in [1.82, 2.24) is 14.6 Å². The average molecular weight is 221 g/mol. The van der Waals surface area contributed by atoms with Crippen molar-refractivity contribution < 1.29 is 4.92 Å². The number of hydrogen-bond donors (Lipinski definition) is 1. The molecule has 0 radical (unpaired) electrons. The SMILES string of the molecule is CC(C)c1c(N)nn2cc([N+](=O)[O-])cnc12. The van der Waals surface area contributed by atoms with Crippen molar-refractivity contribution in [2.45, 2.75) is 19.8 Å². The molecule has 0 fully saturated rings. The van der Waals surface area contributed by atoms with Crippen LogP contribution in [-0.4, -0.2) is 19.5 Å². The maximum absolute atomic E-state index is 10.6. The van der Waals surface area contributed by atoms with Crippen molar-refractivity contribution in [3.63, 3.8) is 0 Å². The molecule has 2 heterocycles. The summed E-state index contributed by atoms with van der Waals surface area (Å²) in [6.07, 6.45) is 2.52. The average Bonchev–Trinajstić information content (AvgIpc) is 2.51. The number of rotatable bonds is 2. The Morgan fingerprint density at radius 3 is 2.81 bits per heavy atom. The molecule has 0 aliphatic carbocycles. The third-order valence-electron chi connectivity index (χ3n) is 2.31. The molecule has 16 heavy (non-hydrogen) atoms. The number of nitrogens with zero attached hydrogens (tertiary/aromatic N) is 4. The molecule has 2 aromatic rings. The van der Waals surface area contributed by atoms with E-state index in [0.29, 0.717) is 11.5 Å². The van der Waals surface area contributed by atoms with Gasteiger partial charge in [-0.1, -0.05) is 13.8 Å². The van der Waals surface area contributed by atoms with E-state index >= 15 is 0 Å². The Morgan fingerprint density at radius 2 is 2.25 bits per heavy atom. The molecule has 0 saturated heterocycles. The molecule has 0 aromatic carbocycles. The molecule has 84 valence electrons. The van der Waals surface area contributed by atoms with E-state index < -0.39 is 4.92 Å². The smallest absolute Gasteiger partial charge is 0.305 e. The van der Waals surface area contributed by atoms with Crippen LogP contribution >= 0.6 is 0 Å². The lowest BCUT2D eigenvalue weighted by Gasteiger charge is -2.01. The molecule has 0 amide bonds. The Morgan fingerprint density at radius 1 is 1.56 bits per heavy atom. The molecule has 0 spiro atoms. The van der Waals surface area contributed by atoms with Gasteiger partial charge in [-0.25, -0.2) is 9.50 Å². The van der Waals surface area contributed by atoms with Gasteiger partial charge < -0.3 is 5.73 Å². The van der Waals surface area contributed by atoms with Gasteiger partial charge in [-0.15, -0.1) is 5.10 Å². The molecular formula is C9H11N5O2. The van der Waals surface area contributed by atoms with Gasteiger partial charge in [0.1, 0.15) is 12.4 Å². The van der Waals surface area contributed by atoms with Crippen molar-refractivity contribution in [2.75, 3.05) is 5.73 Å². The maximum Gasteiger partial charge on any atom is 0.305 e. The van der Waals surface area contributed by atoms with Crippen LogP contribution in [0.15, 0.2) is 12.4 Å². The minimum absolute atomic E-state index is 0.106. The second-order valence-electron chi connectivity index (χ2n) is 3.79. The molecule has 2 aromatic heterocycles. The van der Waals surface area contributed by atoms with Crippen molar-refractivity contribution in [2.24, 2.45) is 0 Å². The number of nitrogens with two attached hydrogens (primary N) is 1. The standard InChI is InChI=1S/C9H11N5O2/c1-5(2)7-8(10)12-13-4-6(14(15)16)3-11-9(7)13/h3-5H,1-2H3,(H2,10,12). The first-order chi connectivity index (χ1) is 7.50. The van der Waals surface area contributed by atoms with E-state index in [4.69, 9.17) is 5.73 Å². The van der Waals surface area contributed by atoms with Gasteiger partial charge in [0.2, 0.25) is 0 Å². The van der Waals surface area contributed by atoms with Crippen LogP contribution in [0.3, 0.4) is 0 Å². The molecule has 0 unspecified atom stereocenters. The van der Waals surface area contributed by atoms with Gasteiger partial charge in [0.15, 0.2) is 11.5 Å². The van der Waals surface area contributed by atoms with Gasteiger partial charge in [-0.3, -0.25) is 10.1 Å². The second-order valence-corrected chi connectivity index (χ2v) is 3.79. The summed E-state index contributed by atoms with van der Waals surface area (Å²) >= 11 is 0. The van der Waals surface area contributed by atoms with Gasteiger partial charge >= 0.3 is 5.69 Å². The number of aromatic nitrogens is 3. The maximum atomic E-state index is 10.6. The summed E-state index contributed by atoms with van der Waals surface area (Å²) in [6, 6.07) is 0. The molecule has 2 N–H and O–H groups in total. The molecule has 0 saturated carbocycles. The van der Waals surface area contributed by atoms with Crippen LogP contribution in [-0.2, 0) is 0 Å². The van der Waals surface area contributed by atoms with Crippen LogP contribution in [0.5, 0.6) is 0 Å². The third kappa shape index (κ3) is 1.46. The minimum Gasteiger partial charge on any atom is -0.382 e. The lowest BCUT2D eigenvalue weighted by atomic mass is 10.1. The summed E-state index contributed by atoms with van der Waals surface area (Å²) in [7, 11) is 0. The summed E-state index contributed by atoms with van der Waals surface area (Å²) < 4.78 is 1.35. The largest absolute Gasteiger partial charge is 0.382 e.